The van der Waals surface area contributed by atoms with Crippen molar-refractivity contribution in [1.82, 2.24) is 14.9 Å². The standard InChI is InChI=1S/C26H27N3/c1-18(2)20-11-12-23-22(16-20)21-13-15-29(17-19-8-4-3-5-9-19)26(25(21)28-23)24-10-6-7-14-27-24/h3-12,14,16,18,26,28H,13,15,17H2,1-2H3. The highest BCUT2D eigenvalue weighted by Gasteiger charge is 2.32. The molecule has 2 aromatic heterocycles. The topological polar surface area (TPSA) is 31.9 Å². The minimum Gasteiger partial charge on any atom is -0.357 e. The Kier molecular flexibility index (Phi) is 4.69. The first-order chi connectivity index (χ1) is 14.2. The van der Waals surface area contributed by atoms with Gasteiger partial charge in [-0.2, -0.15) is 0 Å². The minimum atomic E-state index is 0.148. The van der Waals surface area contributed by atoms with Crippen molar-refractivity contribution in [1.29, 1.82) is 0 Å². The molecule has 4 aromatic rings. The second-order valence-corrected chi connectivity index (χ2v) is 8.34. The van der Waals surface area contributed by atoms with Gasteiger partial charge < -0.3 is 4.98 Å². The van der Waals surface area contributed by atoms with Gasteiger partial charge in [-0.15, -0.1) is 0 Å². The molecule has 2 aromatic carbocycles. The Morgan fingerprint density at radius 1 is 1.03 bits per heavy atom. The lowest BCUT2D eigenvalue weighted by Crippen LogP contribution is -2.36. The molecule has 0 fully saturated rings. The maximum atomic E-state index is 4.75. The third kappa shape index (κ3) is 3.36. The maximum Gasteiger partial charge on any atom is 0.0933 e. The Morgan fingerprint density at radius 2 is 1.86 bits per heavy atom. The van der Waals surface area contributed by atoms with E-state index in [9.17, 15) is 0 Å². The summed E-state index contributed by atoms with van der Waals surface area (Å²) in [6.45, 7) is 6.48. The molecule has 146 valence electrons. The number of fused-ring (bicyclic) bond motifs is 3. The molecule has 0 spiro atoms. The number of pyridine rings is 1. The van der Waals surface area contributed by atoms with Crippen molar-refractivity contribution in [2.75, 3.05) is 6.54 Å². The monoisotopic (exact) mass is 381 g/mol. The van der Waals surface area contributed by atoms with Crippen LogP contribution in [0.15, 0.2) is 72.9 Å². The molecule has 1 aliphatic rings. The summed E-state index contributed by atoms with van der Waals surface area (Å²) < 4.78 is 0. The van der Waals surface area contributed by atoms with E-state index < -0.39 is 0 Å². The van der Waals surface area contributed by atoms with Gasteiger partial charge in [-0.1, -0.05) is 56.3 Å². The fourth-order valence-electron chi connectivity index (χ4n) is 4.58. The summed E-state index contributed by atoms with van der Waals surface area (Å²) in [6.07, 6.45) is 2.97. The quantitative estimate of drug-likeness (QED) is 0.482. The van der Waals surface area contributed by atoms with E-state index in [0.29, 0.717) is 5.92 Å². The molecule has 1 aliphatic heterocycles. The molecule has 0 saturated carbocycles. The number of nitrogens with one attached hydrogen (secondary N) is 1. The molecule has 3 heteroatoms. The summed E-state index contributed by atoms with van der Waals surface area (Å²) in [4.78, 5) is 11.1. The van der Waals surface area contributed by atoms with E-state index in [4.69, 9.17) is 4.98 Å². The van der Waals surface area contributed by atoms with Gasteiger partial charge in [0.2, 0.25) is 0 Å². The van der Waals surface area contributed by atoms with Gasteiger partial charge in [0.25, 0.3) is 0 Å². The molecule has 0 radical (unpaired) electrons. The smallest absolute Gasteiger partial charge is 0.0933 e. The summed E-state index contributed by atoms with van der Waals surface area (Å²) in [7, 11) is 0. The molecule has 0 saturated heterocycles. The summed E-state index contributed by atoms with van der Waals surface area (Å²) in [6, 6.07) is 24.0. The Morgan fingerprint density at radius 3 is 2.62 bits per heavy atom. The largest absolute Gasteiger partial charge is 0.357 e. The number of benzene rings is 2. The predicted octanol–water partition coefficient (Wildman–Crippen LogP) is 5.83. The zero-order valence-corrected chi connectivity index (χ0v) is 17.1. The van der Waals surface area contributed by atoms with E-state index in [1.54, 1.807) is 0 Å². The van der Waals surface area contributed by atoms with Crippen molar-refractivity contribution in [3.8, 4) is 0 Å². The molecule has 3 heterocycles. The van der Waals surface area contributed by atoms with Crippen LogP contribution in [0.2, 0.25) is 0 Å². The first kappa shape index (κ1) is 18.1. The molecular weight excluding hydrogens is 354 g/mol. The van der Waals surface area contributed by atoms with Gasteiger partial charge in [-0.25, -0.2) is 0 Å². The SMILES string of the molecule is CC(C)c1ccc2[nH]c3c(c2c1)CCN(Cc1ccccc1)C3c1ccccn1. The summed E-state index contributed by atoms with van der Waals surface area (Å²) in [5, 5.41) is 1.38. The van der Waals surface area contributed by atoms with Crippen molar-refractivity contribution in [3.05, 3.63) is 101 Å². The molecule has 29 heavy (non-hydrogen) atoms. The van der Waals surface area contributed by atoms with Crippen LogP contribution in [0, 0.1) is 0 Å². The third-order valence-electron chi connectivity index (χ3n) is 6.11. The molecule has 0 amide bonds. The highest BCUT2D eigenvalue weighted by molar-refractivity contribution is 5.86. The van der Waals surface area contributed by atoms with E-state index in [-0.39, 0.29) is 6.04 Å². The van der Waals surface area contributed by atoms with Gasteiger partial charge in [-0.05, 0) is 53.3 Å². The highest BCUT2D eigenvalue weighted by atomic mass is 15.2. The summed E-state index contributed by atoms with van der Waals surface area (Å²) in [5.74, 6) is 0.537. The predicted molar refractivity (Wildman–Crippen MR) is 119 cm³/mol. The molecule has 0 aliphatic carbocycles. The third-order valence-corrected chi connectivity index (χ3v) is 6.11. The summed E-state index contributed by atoms with van der Waals surface area (Å²) in [5.41, 5.74) is 7.86. The van der Waals surface area contributed by atoms with Crippen LogP contribution < -0.4 is 0 Å². The zero-order chi connectivity index (χ0) is 19.8. The molecular formula is C26H27N3. The molecule has 1 atom stereocenters. The van der Waals surface area contributed by atoms with Gasteiger partial charge in [-0.3, -0.25) is 9.88 Å². The van der Waals surface area contributed by atoms with Gasteiger partial charge in [0, 0.05) is 35.9 Å². The number of H-pyrrole nitrogens is 1. The lowest BCUT2D eigenvalue weighted by atomic mass is 9.93. The van der Waals surface area contributed by atoms with Crippen molar-refractivity contribution in [2.45, 2.75) is 38.8 Å². The first-order valence-corrected chi connectivity index (χ1v) is 10.5. The van der Waals surface area contributed by atoms with Crippen LogP contribution in [-0.4, -0.2) is 21.4 Å². The second-order valence-electron chi connectivity index (χ2n) is 8.34. The van der Waals surface area contributed by atoms with Gasteiger partial charge in [0.1, 0.15) is 0 Å². The van der Waals surface area contributed by atoms with E-state index >= 15 is 0 Å². The Labute approximate surface area is 172 Å². The van der Waals surface area contributed by atoms with Crippen LogP contribution in [0.4, 0.5) is 0 Å². The highest BCUT2D eigenvalue weighted by Crippen LogP contribution is 2.39. The number of nitrogens with zero attached hydrogens (tertiary/aromatic N) is 2. The van der Waals surface area contributed by atoms with E-state index in [0.717, 1.165) is 25.2 Å². The lowest BCUT2D eigenvalue weighted by Gasteiger charge is -2.35. The first-order valence-electron chi connectivity index (χ1n) is 10.5. The number of hydrogen-bond acceptors (Lipinski definition) is 2. The number of aromatic nitrogens is 2. The van der Waals surface area contributed by atoms with E-state index in [2.05, 4.69) is 84.4 Å². The van der Waals surface area contributed by atoms with Crippen LogP contribution in [0.25, 0.3) is 10.9 Å². The minimum absolute atomic E-state index is 0.148. The Bertz CT molecular complexity index is 1110. The van der Waals surface area contributed by atoms with Crippen LogP contribution in [-0.2, 0) is 13.0 Å². The van der Waals surface area contributed by atoms with E-state index in [1.165, 1.54) is 33.3 Å². The Hall–Kier alpha value is -2.91. The van der Waals surface area contributed by atoms with Crippen LogP contribution in [0.3, 0.4) is 0 Å². The molecule has 3 nitrogen and oxygen atoms in total. The van der Waals surface area contributed by atoms with E-state index in [1.807, 2.05) is 12.3 Å². The van der Waals surface area contributed by atoms with Crippen molar-refractivity contribution in [2.24, 2.45) is 0 Å². The summed E-state index contributed by atoms with van der Waals surface area (Å²) >= 11 is 0. The van der Waals surface area contributed by atoms with Gasteiger partial charge >= 0.3 is 0 Å². The average molecular weight is 382 g/mol. The van der Waals surface area contributed by atoms with Crippen molar-refractivity contribution >= 4 is 10.9 Å². The number of rotatable bonds is 4. The van der Waals surface area contributed by atoms with Crippen molar-refractivity contribution < 1.29 is 0 Å². The lowest BCUT2D eigenvalue weighted by molar-refractivity contribution is 0.198. The zero-order valence-electron chi connectivity index (χ0n) is 17.1. The number of hydrogen-bond donors (Lipinski definition) is 1. The molecule has 1 N–H and O–H groups in total. The van der Waals surface area contributed by atoms with Gasteiger partial charge in [0.05, 0.1) is 11.7 Å². The van der Waals surface area contributed by atoms with Crippen LogP contribution >= 0.6 is 0 Å². The van der Waals surface area contributed by atoms with Crippen molar-refractivity contribution in [3.63, 3.8) is 0 Å². The maximum absolute atomic E-state index is 4.75. The van der Waals surface area contributed by atoms with Crippen LogP contribution in [0.5, 0.6) is 0 Å². The normalized spacial score (nSPS) is 17.0. The molecule has 5 rings (SSSR count). The molecule has 0 bridgehead atoms. The average Bonchev–Trinajstić information content (AvgIpc) is 3.12. The fourth-order valence-corrected chi connectivity index (χ4v) is 4.58. The number of aromatic amines is 1. The molecule has 1 unspecified atom stereocenters. The van der Waals surface area contributed by atoms with Crippen LogP contribution in [0.1, 0.15) is 53.9 Å². The second kappa shape index (κ2) is 7.49. The van der Waals surface area contributed by atoms with Gasteiger partial charge in [0.15, 0.2) is 0 Å². The fraction of sp³-hybridized carbons (Fsp3) is 0.269. The Balaban J connectivity index is 1.62.